The van der Waals surface area contributed by atoms with Crippen LogP contribution in [0.25, 0.3) is 0 Å². The van der Waals surface area contributed by atoms with E-state index in [0.29, 0.717) is 11.1 Å². The van der Waals surface area contributed by atoms with Crippen molar-refractivity contribution in [1.29, 1.82) is 0 Å². The molecule has 0 saturated carbocycles. The van der Waals surface area contributed by atoms with Crippen LogP contribution in [-0.2, 0) is 28.6 Å². The van der Waals surface area contributed by atoms with Gasteiger partial charge in [-0.3, -0.25) is 8.37 Å². The van der Waals surface area contributed by atoms with Gasteiger partial charge in [-0.05, 0) is 50.5 Å². The molecule has 0 radical (unpaired) electrons. The van der Waals surface area contributed by atoms with Gasteiger partial charge in [0.15, 0.2) is 0 Å². The van der Waals surface area contributed by atoms with Crippen molar-refractivity contribution in [1.82, 2.24) is 0 Å². The molecule has 0 heterocycles. The van der Waals surface area contributed by atoms with Crippen LogP contribution in [0.1, 0.15) is 31.4 Å². The van der Waals surface area contributed by atoms with Crippen LogP contribution in [0.5, 0.6) is 0 Å². The van der Waals surface area contributed by atoms with E-state index in [4.69, 9.17) is 8.37 Å². The second-order valence-electron chi connectivity index (χ2n) is 6.28. The number of rotatable bonds is 8. The molecule has 0 aliphatic carbocycles. The van der Waals surface area contributed by atoms with Gasteiger partial charge in [0, 0.05) is 0 Å². The minimum Gasteiger partial charge on any atom is -0.261 e. The second kappa shape index (κ2) is 8.52. The molecule has 2 atom stereocenters. The lowest BCUT2D eigenvalue weighted by molar-refractivity contribution is 0.0719. The van der Waals surface area contributed by atoms with Crippen LogP contribution in [0, 0.1) is 13.8 Å². The molecule has 8 heteroatoms. The third-order valence-corrected chi connectivity index (χ3v) is 7.23. The van der Waals surface area contributed by atoms with Crippen LogP contribution in [0.2, 0.25) is 0 Å². The zero-order valence-corrected chi connectivity index (χ0v) is 17.4. The van der Waals surface area contributed by atoms with E-state index in [2.05, 4.69) is 0 Å². The quantitative estimate of drug-likeness (QED) is 0.616. The van der Waals surface area contributed by atoms with Gasteiger partial charge in [0.05, 0.1) is 9.79 Å². The van der Waals surface area contributed by atoms with Gasteiger partial charge in [-0.25, -0.2) is 0 Å². The van der Waals surface area contributed by atoms with E-state index in [9.17, 15) is 16.8 Å². The third-order valence-electron chi connectivity index (χ3n) is 4.18. The molecule has 0 N–H and O–H groups in total. The van der Waals surface area contributed by atoms with Crippen molar-refractivity contribution in [2.24, 2.45) is 0 Å². The van der Waals surface area contributed by atoms with E-state index in [0.717, 1.165) is 0 Å². The predicted octanol–water partition coefficient (Wildman–Crippen LogP) is 3.58. The number of hydrogen-bond donors (Lipinski definition) is 0. The van der Waals surface area contributed by atoms with Crippen molar-refractivity contribution in [2.75, 3.05) is 0 Å². The summed E-state index contributed by atoms with van der Waals surface area (Å²) in [4.78, 5) is 0.103. The highest BCUT2D eigenvalue weighted by Crippen LogP contribution is 2.24. The van der Waals surface area contributed by atoms with Crippen LogP contribution >= 0.6 is 0 Å². The molecule has 2 aromatic carbocycles. The lowest BCUT2D eigenvalue weighted by Gasteiger charge is -2.23. The molecule has 148 valence electrons. The molecule has 2 rings (SSSR count). The van der Waals surface area contributed by atoms with E-state index >= 15 is 0 Å². The van der Waals surface area contributed by atoms with E-state index in [1.54, 1.807) is 57.2 Å². The SMILES string of the molecule is CCC(OS(=O)(=O)c1ccccc1C)C(C)OS(=O)(=O)c1ccccc1C. The van der Waals surface area contributed by atoms with Crippen LogP contribution in [-0.4, -0.2) is 29.0 Å². The molecule has 0 saturated heterocycles. The first-order valence-corrected chi connectivity index (χ1v) is 11.4. The molecular weight excluding hydrogens is 388 g/mol. The average molecular weight is 413 g/mol. The molecule has 0 bridgehead atoms. The Morgan fingerprint density at radius 1 is 0.778 bits per heavy atom. The zero-order chi connectivity index (χ0) is 20.2. The Hall–Kier alpha value is -1.74. The molecule has 2 aromatic rings. The fourth-order valence-electron chi connectivity index (χ4n) is 2.68. The Bertz CT molecular complexity index is 996. The zero-order valence-electron chi connectivity index (χ0n) is 15.7. The molecule has 0 aromatic heterocycles. The highest BCUT2D eigenvalue weighted by atomic mass is 32.2. The molecule has 6 nitrogen and oxygen atoms in total. The highest BCUT2D eigenvalue weighted by Gasteiger charge is 2.30. The summed E-state index contributed by atoms with van der Waals surface area (Å²) in [5.41, 5.74) is 1.10. The van der Waals surface area contributed by atoms with Gasteiger partial charge in [-0.15, -0.1) is 0 Å². The van der Waals surface area contributed by atoms with Gasteiger partial charge in [-0.1, -0.05) is 43.3 Å². The normalized spacial score (nSPS) is 14.7. The summed E-state index contributed by atoms with van der Waals surface area (Å²) < 4.78 is 60.8. The summed E-state index contributed by atoms with van der Waals surface area (Å²) in [6.07, 6.45) is -1.68. The fraction of sp³-hybridized carbons (Fsp3) is 0.368. The van der Waals surface area contributed by atoms with Crippen molar-refractivity contribution in [3.63, 3.8) is 0 Å². The van der Waals surface area contributed by atoms with Gasteiger partial charge in [-0.2, -0.15) is 16.8 Å². The first kappa shape index (κ1) is 21.6. The smallest absolute Gasteiger partial charge is 0.261 e. The maximum atomic E-state index is 12.6. The van der Waals surface area contributed by atoms with Gasteiger partial charge in [0.1, 0.15) is 12.2 Å². The Labute approximate surface area is 161 Å². The van der Waals surface area contributed by atoms with E-state index in [-0.39, 0.29) is 16.2 Å². The van der Waals surface area contributed by atoms with Crippen molar-refractivity contribution >= 4 is 20.2 Å². The molecule has 0 aliphatic heterocycles. The Morgan fingerprint density at radius 2 is 1.19 bits per heavy atom. The minimum absolute atomic E-state index is 0.0495. The summed E-state index contributed by atoms with van der Waals surface area (Å²) in [5, 5.41) is 0. The van der Waals surface area contributed by atoms with Gasteiger partial charge >= 0.3 is 0 Å². The lowest BCUT2D eigenvalue weighted by atomic mass is 10.2. The highest BCUT2D eigenvalue weighted by molar-refractivity contribution is 7.87. The molecule has 27 heavy (non-hydrogen) atoms. The summed E-state index contributed by atoms with van der Waals surface area (Å²) in [5.74, 6) is 0. The maximum Gasteiger partial charge on any atom is 0.297 e. The van der Waals surface area contributed by atoms with Gasteiger partial charge in [0.2, 0.25) is 0 Å². The maximum absolute atomic E-state index is 12.6. The summed E-state index contributed by atoms with van der Waals surface area (Å²) in [6, 6.07) is 12.9. The number of benzene rings is 2. The first-order valence-electron chi connectivity index (χ1n) is 8.56. The molecule has 2 unspecified atom stereocenters. The van der Waals surface area contributed by atoms with Crippen LogP contribution in [0.15, 0.2) is 58.3 Å². The largest absolute Gasteiger partial charge is 0.297 e. The number of hydrogen-bond acceptors (Lipinski definition) is 6. The molecule has 0 amide bonds. The van der Waals surface area contributed by atoms with Crippen LogP contribution in [0.4, 0.5) is 0 Å². The van der Waals surface area contributed by atoms with Crippen LogP contribution < -0.4 is 0 Å². The van der Waals surface area contributed by atoms with Gasteiger partial charge in [0.25, 0.3) is 20.2 Å². The summed E-state index contributed by atoms with van der Waals surface area (Å²) >= 11 is 0. The number of aryl methyl sites for hydroxylation is 2. The second-order valence-corrected chi connectivity index (χ2v) is 9.36. The molecular formula is C19H24O6S2. The standard InChI is InChI=1S/C19H24O6S2/c1-5-17(25-27(22,23)19-13-9-7-11-15(19)3)16(4)24-26(20,21)18-12-8-6-10-14(18)2/h6-13,16-17H,5H2,1-4H3. The monoisotopic (exact) mass is 412 g/mol. The summed E-state index contributed by atoms with van der Waals surface area (Å²) in [6.45, 7) is 6.52. The summed E-state index contributed by atoms with van der Waals surface area (Å²) in [7, 11) is -8.10. The van der Waals surface area contributed by atoms with Crippen molar-refractivity contribution in [3.8, 4) is 0 Å². The average Bonchev–Trinajstić information content (AvgIpc) is 2.59. The van der Waals surface area contributed by atoms with Gasteiger partial charge < -0.3 is 0 Å². The van der Waals surface area contributed by atoms with Crippen molar-refractivity contribution in [3.05, 3.63) is 59.7 Å². The van der Waals surface area contributed by atoms with E-state index in [1.807, 2.05) is 0 Å². The Balaban J connectivity index is 2.22. The topological polar surface area (TPSA) is 86.7 Å². The molecule has 0 aliphatic rings. The Morgan fingerprint density at radius 3 is 1.59 bits per heavy atom. The minimum atomic E-state index is -4.05. The van der Waals surface area contributed by atoms with E-state index < -0.39 is 32.4 Å². The Kier molecular flexibility index (Phi) is 6.80. The van der Waals surface area contributed by atoms with Crippen molar-refractivity contribution in [2.45, 2.75) is 56.1 Å². The molecule has 0 fully saturated rings. The first-order chi connectivity index (χ1) is 12.6. The van der Waals surface area contributed by atoms with Crippen molar-refractivity contribution < 1.29 is 25.2 Å². The molecule has 0 spiro atoms. The fourth-order valence-corrected chi connectivity index (χ4v) is 5.44. The van der Waals surface area contributed by atoms with E-state index in [1.165, 1.54) is 19.1 Å². The van der Waals surface area contributed by atoms with Crippen LogP contribution in [0.3, 0.4) is 0 Å². The predicted molar refractivity (Wildman–Crippen MR) is 102 cm³/mol. The third kappa shape index (κ3) is 5.16. The lowest BCUT2D eigenvalue weighted by Crippen LogP contribution is -2.33.